The number of rotatable bonds is 4. The number of hydrogen-bond acceptors (Lipinski definition) is 3. The maximum Gasteiger partial charge on any atom is 0.145 e. The summed E-state index contributed by atoms with van der Waals surface area (Å²) in [5, 5.41) is 13.6. The first-order valence-electron chi connectivity index (χ1n) is 6.40. The highest BCUT2D eigenvalue weighted by Gasteiger charge is 2.18. The molecule has 1 aromatic heterocycles. The van der Waals surface area contributed by atoms with Crippen LogP contribution in [-0.2, 0) is 13.6 Å². The Morgan fingerprint density at radius 3 is 2.58 bits per heavy atom. The van der Waals surface area contributed by atoms with Gasteiger partial charge >= 0.3 is 0 Å². The Kier molecular flexibility index (Phi) is 3.86. The zero-order chi connectivity index (χ0) is 13.8. The first-order chi connectivity index (χ1) is 9.17. The van der Waals surface area contributed by atoms with Crippen molar-refractivity contribution in [3.05, 3.63) is 47.2 Å². The Labute approximate surface area is 113 Å². The van der Waals surface area contributed by atoms with Crippen molar-refractivity contribution in [3.8, 4) is 6.07 Å². The lowest BCUT2D eigenvalue weighted by Crippen LogP contribution is -2.25. The van der Waals surface area contributed by atoms with Crippen molar-refractivity contribution in [1.29, 1.82) is 5.26 Å². The molecule has 98 valence electrons. The van der Waals surface area contributed by atoms with Gasteiger partial charge in [-0.1, -0.05) is 30.3 Å². The van der Waals surface area contributed by atoms with E-state index in [0.29, 0.717) is 5.56 Å². The number of nitrogens with zero attached hydrogens (tertiary/aromatic N) is 4. The molecular weight excluding hydrogens is 236 g/mol. The highest BCUT2D eigenvalue weighted by atomic mass is 15.4. The summed E-state index contributed by atoms with van der Waals surface area (Å²) in [6.45, 7) is 5.58. The van der Waals surface area contributed by atoms with Gasteiger partial charge in [0, 0.05) is 20.1 Å². The lowest BCUT2D eigenvalue weighted by Gasteiger charge is -2.23. The van der Waals surface area contributed by atoms with Crippen LogP contribution >= 0.6 is 0 Å². The molecule has 0 saturated carbocycles. The molecular formula is C15H18N4. The average molecular weight is 254 g/mol. The van der Waals surface area contributed by atoms with Crippen molar-refractivity contribution in [2.45, 2.75) is 20.4 Å². The van der Waals surface area contributed by atoms with Gasteiger partial charge in [-0.25, -0.2) is 0 Å². The Morgan fingerprint density at radius 1 is 1.32 bits per heavy atom. The van der Waals surface area contributed by atoms with E-state index in [-0.39, 0.29) is 0 Å². The van der Waals surface area contributed by atoms with Gasteiger partial charge in [-0.15, -0.1) is 0 Å². The van der Waals surface area contributed by atoms with Gasteiger partial charge in [0.2, 0.25) is 0 Å². The normalized spacial score (nSPS) is 10.2. The molecule has 2 aromatic rings. The fourth-order valence-corrected chi connectivity index (χ4v) is 2.28. The first-order valence-corrected chi connectivity index (χ1v) is 6.40. The molecule has 0 unspecified atom stereocenters. The van der Waals surface area contributed by atoms with E-state index in [4.69, 9.17) is 0 Å². The fraction of sp³-hybridized carbons (Fsp3) is 0.333. The number of anilines is 1. The van der Waals surface area contributed by atoms with E-state index < -0.39 is 0 Å². The van der Waals surface area contributed by atoms with E-state index >= 15 is 0 Å². The Morgan fingerprint density at radius 2 is 2.00 bits per heavy atom. The second-order valence-electron chi connectivity index (χ2n) is 4.52. The van der Waals surface area contributed by atoms with Crippen LogP contribution in [0.2, 0.25) is 0 Å². The molecule has 0 spiro atoms. The number of hydrogen-bond donors (Lipinski definition) is 0. The molecule has 4 heteroatoms. The third kappa shape index (κ3) is 2.60. The maximum absolute atomic E-state index is 9.29. The third-order valence-electron chi connectivity index (χ3n) is 3.20. The number of benzene rings is 1. The van der Waals surface area contributed by atoms with Crippen LogP contribution in [0.15, 0.2) is 30.3 Å². The molecule has 1 heterocycles. The van der Waals surface area contributed by atoms with E-state index in [0.717, 1.165) is 24.6 Å². The highest BCUT2D eigenvalue weighted by molar-refractivity contribution is 5.57. The molecule has 0 fully saturated rings. The molecule has 0 N–H and O–H groups in total. The molecule has 0 radical (unpaired) electrons. The number of aryl methyl sites for hydroxylation is 2. The van der Waals surface area contributed by atoms with Gasteiger partial charge in [0.25, 0.3) is 0 Å². The summed E-state index contributed by atoms with van der Waals surface area (Å²) in [6, 6.07) is 12.5. The van der Waals surface area contributed by atoms with Gasteiger partial charge in [0.05, 0.1) is 5.69 Å². The van der Waals surface area contributed by atoms with E-state index in [2.05, 4.69) is 35.1 Å². The summed E-state index contributed by atoms with van der Waals surface area (Å²) in [5.41, 5.74) is 2.68. The van der Waals surface area contributed by atoms with Crippen LogP contribution in [0.5, 0.6) is 0 Å². The average Bonchev–Trinajstić information content (AvgIpc) is 2.71. The summed E-state index contributed by atoms with van der Waals surface area (Å²) >= 11 is 0. The van der Waals surface area contributed by atoms with Crippen molar-refractivity contribution < 1.29 is 0 Å². The van der Waals surface area contributed by atoms with Crippen LogP contribution in [0.3, 0.4) is 0 Å². The standard InChI is InChI=1S/C15H18N4/c1-4-19(11-13-8-6-5-7-9-13)15-14(10-16)12(2)17-18(15)3/h5-9H,4,11H2,1-3H3. The topological polar surface area (TPSA) is 44.9 Å². The fourth-order valence-electron chi connectivity index (χ4n) is 2.28. The number of nitriles is 1. The molecule has 0 aliphatic carbocycles. The predicted octanol–water partition coefficient (Wildman–Crippen LogP) is 2.63. The summed E-state index contributed by atoms with van der Waals surface area (Å²) in [6.07, 6.45) is 0. The van der Waals surface area contributed by atoms with Gasteiger partial charge in [-0.2, -0.15) is 10.4 Å². The van der Waals surface area contributed by atoms with Crippen molar-refractivity contribution in [1.82, 2.24) is 9.78 Å². The summed E-state index contributed by atoms with van der Waals surface area (Å²) in [4.78, 5) is 2.17. The Bertz CT molecular complexity index is 593. The van der Waals surface area contributed by atoms with Crippen LogP contribution in [-0.4, -0.2) is 16.3 Å². The third-order valence-corrected chi connectivity index (χ3v) is 3.20. The molecule has 0 aliphatic rings. The SMILES string of the molecule is CCN(Cc1ccccc1)c1c(C#N)c(C)nn1C. The molecule has 0 aliphatic heterocycles. The quantitative estimate of drug-likeness (QED) is 0.842. The van der Waals surface area contributed by atoms with E-state index in [1.54, 1.807) is 4.68 Å². The molecule has 0 saturated heterocycles. The van der Waals surface area contributed by atoms with Gasteiger partial charge in [0.15, 0.2) is 0 Å². The van der Waals surface area contributed by atoms with Crippen LogP contribution in [0.4, 0.5) is 5.82 Å². The minimum absolute atomic E-state index is 0.667. The van der Waals surface area contributed by atoms with Crippen molar-refractivity contribution in [3.63, 3.8) is 0 Å². The van der Waals surface area contributed by atoms with Crippen LogP contribution < -0.4 is 4.90 Å². The minimum atomic E-state index is 0.667. The van der Waals surface area contributed by atoms with E-state index in [1.807, 2.05) is 32.2 Å². The maximum atomic E-state index is 9.29. The second kappa shape index (κ2) is 5.57. The predicted molar refractivity (Wildman–Crippen MR) is 75.8 cm³/mol. The van der Waals surface area contributed by atoms with Crippen molar-refractivity contribution in [2.75, 3.05) is 11.4 Å². The van der Waals surface area contributed by atoms with Gasteiger partial charge in [-0.3, -0.25) is 4.68 Å². The highest BCUT2D eigenvalue weighted by Crippen LogP contribution is 2.23. The van der Waals surface area contributed by atoms with Crippen molar-refractivity contribution in [2.24, 2.45) is 7.05 Å². The molecule has 4 nitrogen and oxygen atoms in total. The Hall–Kier alpha value is -2.28. The lowest BCUT2D eigenvalue weighted by atomic mass is 10.2. The zero-order valence-electron chi connectivity index (χ0n) is 11.6. The largest absolute Gasteiger partial charge is 0.352 e. The van der Waals surface area contributed by atoms with Gasteiger partial charge in [0.1, 0.15) is 17.5 Å². The van der Waals surface area contributed by atoms with Gasteiger partial charge < -0.3 is 4.90 Å². The molecule has 1 aromatic carbocycles. The van der Waals surface area contributed by atoms with Crippen molar-refractivity contribution >= 4 is 5.82 Å². The summed E-state index contributed by atoms with van der Waals surface area (Å²) in [7, 11) is 1.89. The summed E-state index contributed by atoms with van der Waals surface area (Å²) < 4.78 is 1.79. The van der Waals surface area contributed by atoms with E-state index in [1.165, 1.54) is 5.56 Å². The molecule has 19 heavy (non-hydrogen) atoms. The van der Waals surface area contributed by atoms with Crippen LogP contribution in [0.1, 0.15) is 23.7 Å². The Balaban J connectivity index is 2.36. The van der Waals surface area contributed by atoms with E-state index in [9.17, 15) is 5.26 Å². The lowest BCUT2D eigenvalue weighted by molar-refractivity contribution is 0.705. The van der Waals surface area contributed by atoms with Crippen LogP contribution in [0, 0.1) is 18.3 Å². The van der Waals surface area contributed by atoms with Gasteiger partial charge in [-0.05, 0) is 19.4 Å². The second-order valence-corrected chi connectivity index (χ2v) is 4.52. The first kappa shape index (κ1) is 13.2. The molecule has 0 atom stereocenters. The number of aromatic nitrogens is 2. The monoisotopic (exact) mass is 254 g/mol. The molecule has 0 bridgehead atoms. The minimum Gasteiger partial charge on any atom is -0.352 e. The smallest absolute Gasteiger partial charge is 0.145 e. The molecule has 2 rings (SSSR count). The zero-order valence-corrected chi connectivity index (χ0v) is 11.6. The molecule has 0 amide bonds. The van der Waals surface area contributed by atoms with Crippen LogP contribution in [0.25, 0.3) is 0 Å². The summed E-state index contributed by atoms with van der Waals surface area (Å²) in [5.74, 6) is 0.895.